The first-order chi connectivity index (χ1) is 5.88. The maximum absolute atomic E-state index is 4.21. The molecule has 1 aromatic heterocycles. The van der Waals surface area contributed by atoms with Crippen molar-refractivity contribution in [1.82, 2.24) is 4.98 Å². The van der Waals surface area contributed by atoms with Gasteiger partial charge in [0.05, 0.1) is 5.69 Å². The Morgan fingerprint density at radius 3 is 2.67 bits per heavy atom. The second-order valence-electron chi connectivity index (χ2n) is 2.46. The van der Waals surface area contributed by atoms with Crippen LogP contribution in [0.4, 0.5) is 11.5 Å². The lowest BCUT2D eigenvalue weighted by molar-refractivity contribution is 1.14. The van der Waals surface area contributed by atoms with Gasteiger partial charge in [-0.15, -0.1) is 0 Å². The van der Waals surface area contributed by atoms with Crippen molar-refractivity contribution in [1.29, 1.82) is 0 Å². The van der Waals surface area contributed by atoms with Crippen molar-refractivity contribution in [3.05, 3.63) is 18.3 Å². The van der Waals surface area contributed by atoms with Gasteiger partial charge in [0.1, 0.15) is 5.82 Å². The Hall–Kier alpha value is -1.25. The summed E-state index contributed by atoms with van der Waals surface area (Å²) in [6.45, 7) is 5.95. The van der Waals surface area contributed by atoms with E-state index in [0.717, 1.165) is 24.6 Å². The molecule has 0 amide bonds. The Balaban J connectivity index is 2.77. The highest BCUT2D eigenvalue weighted by Crippen LogP contribution is 2.16. The Morgan fingerprint density at radius 1 is 1.25 bits per heavy atom. The van der Waals surface area contributed by atoms with E-state index in [9.17, 15) is 0 Å². The number of nitrogens with zero attached hydrogens (tertiary/aromatic N) is 1. The van der Waals surface area contributed by atoms with Gasteiger partial charge in [-0.25, -0.2) is 4.98 Å². The van der Waals surface area contributed by atoms with Crippen LogP contribution in [0.15, 0.2) is 18.3 Å². The van der Waals surface area contributed by atoms with Gasteiger partial charge in [-0.3, -0.25) is 0 Å². The number of nitrogens with one attached hydrogen (secondary N) is 2. The summed E-state index contributed by atoms with van der Waals surface area (Å²) in [5.41, 5.74) is 1.07. The lowest BCUT2D eigenvalue weighted by Crippen LogP contribution is -2.05. The second-order valence-corrected chi connectivity index (χ2v) is 2.46. The predicted molar refractivity (Wildman–Crippen MR) is 52.6 cm³/mol. The number of hydrogen-bond acceptors (Lipinski definition) is 3. The van der Waals surface area contributed by atoms with E-state index >= 15 is 0 Å². The average Bonchev–Trinajstić information content (AvgIpc) is 2.09. The third-order valence-electron chi connectivity index (χ3n) is 1.52. The van der Waals surface area contributed by atoms with Gasteiger partial charge in [0.15, 0.2) is 0 Å². The molecule has 0 saturated carbocycles. The summed E-state index contributed by atoms with van der Waals surface area (Å²) < 4.78 is 0. The summed E-state index contributed by atoms with van der Waals surface area (Å²) in [6, 6.07) is 3.95. The highest BCUT2D eigenvalue weighted by molar-refractivity contribution is 5.63. The molecule has 0 aromatic carbocycles. The lowest BCUT2D eigenvalue weighted by Gasteiger charge is -2.09. The minimum absolute atomic E-state index is 0.898. The van der Waals surface area contributed by atoms with Crippen molar-refractivity contribution in [3.63, 3.8) is 0 Å². The van der Waals surface area contributed by atoms with Gasteiger partial charge in [0.2, 0.25) is 0 Å². The standard InChI is InChI=1S/C9H15N3/c1-3-10-8-6-5-7-12-9(8)11-4-2/h5-7,10H,3-4H2,1-2H3,(H,11,12). The van der Waals surface area contributed by atoms with Crippen molar-refractivity contribution in [2.24, 2.45) is 0 Å². The van der Waals surface area contributed by atoms with Crippen molar-refractivity contribution in [3.8, 4) is 0 Å². The van der Waals surface area contributed by atoms with Gasteiger partial charge in [-0.2, -0.15) is 0 Å². The molecule has 1 heterocycles. The van der Waals surface area contributed by atoms with Gasteiger partial charge in [0, 0.05) is 19.3 Å². The molecule has 0 unspecified atom stereocenters. The maximum Gasteiger partial charge on any atom is 0.149 e. The third kappa shape index (κ3) is 2.12. The fraction of sp³-hybridized carbons (Fsp3) is 0.444. The van der Waals surface area contributed by atoms with E-state index in [0.29, 0.717) is 0 Å². The van der Waals surface area contributed by atoms with E-state index in [1.165, 1.54) is 0 Å². The van der Waals surface area contributed by atoms with Crippen molar-refractivity contribution >= 4 is 11.5 Å². The maximum atomic E-state index is 4.21. The largest absolute Gasteiger partial charge is 0.382 e. The molecular weight excluding hydrogens is 150 g/mol. The van der Waals surface area contributed by atoms with Crippen LogP contribution in [0.5, 0.6) is 0 Å². The van der Waals surface area contributed by atoms with Gasteiger partial charge >= 0.3 is 0 Å². The minimum Gasteiger partial charge on any atom is -0.382 e. The molecule has 2 N–H and O–H groups in total. The molecule has 12 heavy (non-hydrogen) atoms. The smallest absolute Gasteiger partial charge is 0.149 e. The summed E-state index contributed by atoms with van der Waals surface area (Å²) in [5, 5.41) is 6.42. The summed E-state index contributed by atoms with van der Waals surface area (Å²) in [7, 11) is 0. The minimum atomic E-state index is 0.898. The number of hydrogen-bond donors (Lipinski definition) is 2. The molecule has 0 saturated heterocycles. The molecule has 0 spiro atoms. The highest BCUT2D eigenvalue weighted by Gasteiger charge is 1.98. The zero-order chi connectivity index (χ0) is 8.81. The molecule has 1 rings (SSSR count). The van der Waals surface area contributed by atoms with Crippen LogP contribution in [-0.2, 0) is 0 Å². The predicted octanol–water partition coefficient (Wildman–Crippen LogP) is 1.95. The number of aromatic nitrogens is 1. The first kappa shape index (κ1) is 8.84. The molecule has 3 nitrogen and oxygen atoms in total. The molecule has 0 radical (unpaired) electrons. The fourth-order valence-electron chi connectivity index (χ4n) is 1.05. The molecule has 0 aliphatic carbocycles. The second kappa shape index (κ2) is 4.59. The van der Waals surface area contributed by atoms with Gasteiger partial charge in [-0.1, -0.05) is 0 Å². The zero-order valence-electron chi connectivity index (χ0n) is 7.59. The number of rotatable bonds is 4. The summed E-state index contributed by atoms with van der Waals surface area (Å²) >= 11 is 0. The average molecular weight is 165 g/mol. The Labute approximate surface area is 73.2 Å². The Bertz CT molecular complexity index is 210. The van der Waals surface area contributed by atoms with E-state index in [4.69, 9.17) is 0 Å². The SMILES string of the molecule is CCNc1cccnc1NCC. The van der Waals surface area contributed by atoms with Crippen LogP contribution < -0.4 is 10.6 Å². The zero-order valence-corrected chi connectivity index (χ0v) is 7.59. The van der Waals surface area contributed by atoms with Crippen molar-refractivity contribution < 1.29 is 0 Å². The molecule has 0 fully saturated rings. The molecular formula is C9H15N3. The van der Waals surface area contributed by atoms with Crippen LogP contribution in [0.2, 0.25) is 0 Å². The van der Waals surface area contributed by atoms with E-state index < -0.39 is 0 Å². The lowest BCUT2D eigenvalue weighted by atomic mass is 10.3. The highest BCUT2D eigenvalue weighted by atomic mass is 15.0. The van der Waals surface area contributed by atoms with E-state index in [1.54, 1.807) is 6.20 Å². The number of pyridine rings is 1. The molecule has 0 bridgehead atoms. The summed E-state index contributed by atoms with van der Waals surface area (Å²) in [5.74, 6) is 0.932. The Morgan fingerprint density at radius 2 is 2.00 bits per heavy atom. The molecule has 0 aliphatic heterocycles. The summed E-state index contributed by atoms with van der Waals surface area (Å²) in [6.07, 6.45) is 1.79. The van der Waals surface area contributed by atoms with Gasteiger partial charge in [-0.05, 0) is 26.0 Å². The molecule has 1 aromatic rings. The van der Waals surface area contributed by atoms with Crippen LogP contribution in [0.1, 0.15) is 13.8 Å². The number of anilines is 2. The van der Waals surface area contributed by atoms with Crippen LogP contribution in [0, 0.1) is 0 Å². The van der Waals surface area contributed by atoms with Gasteiger partial charge in [0.25, 0.3) is 0 Å². The molecule has 0 atom stereocenters. The monoisotopic (exact) mass is 165 g/mol. The van der Waals surface area contributed by atoms with E-state index in [2.05, 4.69) is 29.5 Å². The normalized spacial score (nSPS) is 9.50. The van der Waals surface area contributed by atoms with Crippen LogP contribution in [0.25, 0.3) is 0 Å². The van der Waals surface area contributed by atoms with Crippen LogP contribution in [0.3, 0.4) is 0 Å². The molecule has 66 valence electrons. The van der Waals surface area contributed by atoms with Gasteiger partial charge < -0.3 is 10.6 Å². The summed E-state index contributed by atoms with van der Waals surface area (Å²) in [4.78, 5) is 4.21. The first-order valence-electron chi connectivity index (χ1n) is 4.31. The van der Waals surface area contributed by atoms with E-state index in [1.807, 2.05) is 12.1 Å². The van der Waals surface area contributed by atoms with Crippen LogP contribution >= 0.6 is 0 Å². The quantitative estimate of drug-likeness (QED) is 0.716. The molecule has 3 heteroatoms. The topological polar surface area (TPSA) is 37.0 Å². The van der Waals surface area contributed by atoms with E-state index in [-0.39, 0.29) is 0 Å². The van der Waals surface area contributed by atoms with Crippen molar-refractivity contribution in [2.75, 3.05) is 23.7 Å². The fourth-order valence-corrected chi connectivity index (χ4v) is 1.05. The Kier molecular flexibility index (Phi) is 3.38. The molecule has 0 aliphatic rings. The third-order valence-corrected chi connectivity index (χ3v) is 1.52. The first-order valence-corrected chi connectivity index (χ1v) is 4.31. The van der Waals surface area contributed by atoms with Crippen molar-refractivity contribution in [2.45, 2.75) is 13.8 Å². The van der Waals surface area contributed by atoms with Crippen LogP contribution in [-0.4, -0.2) is 18.1 Å².